The largest absolute Gasteiger partial charge is 0.469 e. The van der Waals surface area contributed by atoms with Crippen LogP contribution in [-0.4, -0.2) is 42.9 Å². The predicted molar refractivity (Wildman–Crippen MR) is 109 cm³/mol. The molecule has 2 saturated heterocycles. The third-order valence-corrected chi connectivity index (χ3v) is 6.70. The van der Waals surface area contributed by atoms with E-state index < -0.39 is 0 Å². The number of carbonyl (C=O) groups excluding carboxylic acids is 2. The molecule has 0 unspecified atom stereocenters. The summed E-state index contributed by atoms with van der Waals surface area (Å²) in [4.78, 5) is 26.9. The highest BCUT2D eigenvalue weighted by molar-refractivity contribution is 6.00. The molecular weight excluding hydrogens is 350 g/mol. The van der Waals surface area contributed by atoms with E-state index in [1.165, 1.54) is 12.7 Å². The molecule has 0 radical (unpaired) electrons. The Hall–Kier alpha value is -2.46. The molecule has 0 amide bonds. The summed E-state index contributed by atoms with van der Waals surface area (Å²) in [6, 6.07) is 16.9. The van der Waals surface area contributed by atoms with E-state index in [4.69, 9.17) is 4.74 Å². The lowest BCUT2D eigenvalue weighted by Gasteiger charge is -2.41. The van der Waals surface area contributed by atoms with Crippen molar-refractivity contribution in [3.63, 3.8) is 0 Å². The molecule has 2 heterocycles. The molecule has 0 N–H and O–H groups in total. The zero-order valence-electron chi connectivity index (χ0n) is 16.7. The normalized spacial score (nSPS) is 26.8. The maximum absolute atomic E-state index is 12.6. The van der Waals surface area contributed by atoms with E-state index in [1.807, 2.05) is 24.3 Å². The van der Waals surface area contributed by atoms with Gasteiger partial charge in [-0.05, 0) is 49.9 Å². The number of hydrogen-bond donors (Lipinski definition) is 0. The summed E-state index contributed by atoms with van der Waals surface area (Å²) < 4.78 is 5.17. The van der Waals surface area contributed by atoms with Crippen LogP contribution in [0.4, 0.5) is 0 Å². The predicted octanol–water partition coefficient (Wildman–Crippen LogP) is 4.30. The molecule has 0 aliphatic carbocycles. The van der Waals surface area contributed by atoms with Crippen LogP contribution in [0.3, 0.4) is 0 Å². The van der Waals surface area contributed by atoms with E-state index in [-0.39, 0.29) is 29.6 Å². The Kier molecular flexibility index (Phi) is 5.07. The van der Waals surface area contributed by atoms with Gasteiger partial charge in [0.2, 0.25) is 0 Å². The van der Waals surface area contributed by atoms with Gasteiger partial charge in [0.15, 0.2) is 5.78 Å². The zero-order valence-corrected chi connectivity index (χ0v) is 16.7. The number of esters is 1. The first-order valence-corrected chi connectivity index (χ1v) is 10.0. The number of benzene rings is 2. The van der Waals surface area contributed by atoms with Gasteiger partial charge >= 0.3 is 5.97 Å². The van der Waals surface area contributed by atoms with E-state index in [0.29, 0.717) is 6.04 Å². The van der Waals surface area contributed by atoms with E-state index in [0.717, 1.165) is 36.0 Å². The summed E-state index contributed by atoms with van der Waals surface area (Å²) in [5, 5.41) is 0. The van der Waals surface area contributed by atoms with E-state index in [1.54, 1.807) is 6.92 Å². The SMILES string of the molecule is COC(=O)[C@H]1[C@@H](c2ccc(-c3ccccc3C(C)=O)cc2)C[C@@H]2CC[C@H]1N2C. The van der Waals surface area contributed by atoms with Crippen LogP contribution in [0.15, 0.2) is 48.5 Å². The fraction of sp³-hybridized carbons (Fsp3) is 0.417. The smallest absolute Gasteiger partial charge is 0.310 e. The fourth-order valence-electron chi connectivity index (χ4n) is 5.22. The molecule has 4 heteroatoms. The van der Waals surface area contributed by atoms with Gasteiger partial charge < -0.3 is 4.74 Å². The van der Waals surface area contributed by atoms with Crippen molar-refractivity contribution in [2.75, 3.05) is 14.2 Å². The van der Waals surface area contributed by atoms with Crippen LogP contribution in [0, 0.1) is 5.92 Å². The lowest BCUT2D eigenvalue weighted by molar-refractivity contribution is -0.150. The molecule has 2 fully saturated rings. The van der Waals surface area contributed by atoms with Crippen LogP contribution in [0.2, 0.25) is 0 Å². The third-order valence-electron chi connectivity index (χ3n) is 6.70. The van der Waals surface area contributed by atoms with E-state index >= 15 is 0 Å². The zero-order chi connectivity index (χ0) is 19.8. The number of nitrogens with zero attached hydrogens (tertiary/aromatic N) is 1. The van der Waals surface area contributed by atoms with Crippen molar-refractivity contribution in [3.05, 3.63) is 59.7 Å². The molecule has 2 aliphatic heterocycles. The number of ether oxygens (including phenoxy) is 1. The summed E-state index contributed by atoms with van der Waals surface area (Å²) in [6.07, 6.45) is 3.19. The molecule has 4 nitrogen and oxygen atoms in total. The van der Waals surface area contributed by atoms with E-state index in [2.05, 4.69) is 36.2 Å². The third kappa shape index (κ3) is 3.16. The minimum Gasteiger partial charge on any atom is -0.469 e. The van der Waals surface area contributed by atoms with Gasteiger partial charge in [-0.2, -0.15) is 0 Å². The molecule has 4 atom stereocenters. The number of piperidine rings is 1. The average Bonchev–Trinajstić information content (AvgIpc) is 2.95. The van der Waals surface area contributed by atoms with Crippen LogP contribution >= 0.6 is 0 Å². The average molecular weight is 377 g/mol. The standard InChI is InChI=1S/C24H27NO3/c1-15(26)19-6-4-5-7-20(19)16-8-10-17(11-9-16)21-14-18-12-13-22(25(18)2)23(21)24(27)28-3/h4-11,18,21-23H,12-14H2,1-3H3/t18-,21+,22+,23-/m0/s1. The van der Waals surface area contributed by atoms with Crippen LogP contribution < -0.4 is 0 Å². The monoisotopic (exact) mass is 377 g/mol. The van der Waals surface area contributed by atoms with Crippen molar-refractivity contribution in [1.29, 1.82) is 0 Å². The van der Waals surface area contributed by atoms with Crippen LogP contribution in [0.25, 0.3) is 11.1 Å². The molecule has 0 spiro atoms. The molecule has 2 aromatic rings. The minimum atomic E-state index is -0.121. The molecule has 2 aliphatic rings. The van der Waals surface area contributed by atoms with Gasteiger partial charge in [-0.25, -0.2) is 0 Å². The minimum absolute atomic E-state index is 0.0670. The van der Waals surface area contributed by atoms with Gasteiger partial charge in [-0.15, -0.1) is 0 Å². The van der Waals surface area contributed by atoms with Crippen LogP contribution in [0.5, 0.6) is 0 Å². The highest BCUT2D eigenvalue weighted by Gasteiger charge is 2.49. The van der Waals surface area contributed by atoms with Gasteiger partial charge in [-0.1, -0.05) is 48.5 Å². The topological polar surface area (TPSA) is 46.6 Å². The summed E-state index contributed by atoms with van der Waals surface area (Å²) in [5.41, 5.74) is 3.90. The van der Waals surface area contributed by atoms with Crippen LogP contribution in [-0.2, 0) is 9.53 Å². The number of carbonyl (C=O) groups is 2. The van der Waals surface area contributed by atoms with Crippen molar-refractivity contribution in [2.24, 2.45) is 5.92 Å². The molecule has 28 heavy (non-hydrogen) atoms. The molecule has 2 aromatic carbocycles. The molecule has 146 valence electrons. The second kappa shape index (κ2) is 7.51. The van der Waals surface area contributed by atoms with Crippen molar-refractivity contribution < 1.29 is 14.3 Å². The lowest BCUT2D eigenvalue weighted by Crippen LogP contribution is -2.49. The number of fused-ring (bicyclic) bond motifs is 2. The summed E-state index contributed by atoms with van der Waals surface area (Å²) in [6.45, 7) is 1.60. The van der Waals surface area contributed by atoms with Gasteiger partial charge in [-0.3, -0.25) is 14.5 Å². The Morgan fingerprint density at radius 3 is 2.43 bits per heavy atom. The lowest BCUT2D eigenvalue weighted by atomic mass is 9.76. The number of ketones is 1. The molecule has 0 saturated carbocycles. The summed E-state index contributed by atoms with van der Waals surface area (Å²) >= 11 is 0. The number of methoxy groups -OCH3 is 1. The Bertz CT molecular complexity index is 889. The van der Waals surface area contributed by atoms with Gasteiger partial charge in [0.05, 0.1) is 13.0 Å². The molecule has 2 bridgehead atoms. The van der Waals surface area contributed by atoms with Crippen molar-refractivity contribution in [1.82, 2.24) is 4.90 Å². The Labute approximate surface area is 166 Å². The highest BCUT2D eigenvalue weighted by Crippen LogP contribution is 2.46. The second-order valence-corrected chi connectivity index (χ2v) is 8.08. The first-order chi connectivity index (χ1) is 13.5. The number of rotatable bonds is 4. The number of Topliss-reactive ketones (excluding diaryl/α,β-unsaturated/α-hetero) is 1. The van der Waals surface area contributed by atoms with E-state index in [9.17, 15) is 9.59 Å². The molecule has 0 aromatic heterocycles. The maximum atomic E-state index is 12.6. The summed E-state index contributed by atoms with van der Waals surface area (Å²) in [5.74, 6) is 0.0212. The van der Waals surface area contributed by atoms with Crippen molar-refractivity contribution in [2.45, 2.75) is 44.2 Å². The van der Waals surface area contributed by atoms with Gasteiger partial charge in [0.25, 0.3) is 0 Å². The second-order valence-electron chi connectivity index (χ2n) is 8.08. The first kappa shape index (κ1) is 18.9. The highest BCUT2D eigenvalue weighted by atomic mass is 16.5. The fourth-order valence-corrected chi connectivity index (χ4v) is 5.22. The quantitative estimate of drug-likeness (QED) is 0.589. The maximum Gasteiger partial charge on any atom is 0.310 e. The Morgan fingerprint density at radius 1 is 1.04 bits per heavy atom. The molecular formula is C24H27NO3. The van der Waals surface area contributed by atoms with Crippen LogP contribution in [0.1, 0.15) is 48.0 Å². The first-order valence-electron chi connectivity index (χ1n) is 10.0. The summed E-state index contributed by atoms with van der Waals surface area (Å²) in [7, 11) is 3.62. The van der Waals surface area contributed by atoms with Gasteiger partial charge in [0, 0.05) is 23.6 Å². The Balaban J connectivity index is 1.67. The van der Waals surface area contributed by atoms with Crippen molar-refractivity contribution >= 4 is 11.8 Å². The Morgan fingerprint density at radius 2 is 1.75 bits per heavy atom. The number of hydrogen-bond acceptors (Lipinski definition) is 4. The molecule has 4 rings (SSSR count). The van der Waals surface area contributed by atoms with Crippen molar-refractivity contribution in [3.8, 4) is 11.1 Å². The van der Waals surface area contributed by atoms with Gasteiger partial charge in [0.1, 0.15) is 0 Å².